The molecule has 1 aliphatic rings. The molecular formula is C10H12F3N3O. The van der Waals surface area contributed by atoms with Crippen LogP contribution in [0, 0.1) is 0 Å². The molecule has 2 heterocycles. The van der Waals surface area contributed by atoms with E-state index in [9.17, 15) is 18.0 Å². The largest absolute Gasteiger partial charge is 0.433 e. The van der Waals surface area contributed by atoms with Crippen molar-refractivity contribution in [1.29, 1.82) is 0 Å². The van der Waals surface area contributed by atoms with Gasteiger partial charge >= 0.3 is 11.9 Å². The molecule has 1 aromatic heterocycles. The standard InChI is InChI=1S/C10H12F3N3O/c11-10(12,13)8-5-7(15-9(17)16-8)6-1-3-14-4-2-6/h5-6,14H,1-4H2,(H,15,16,17). The Morgan fingerprint density at radius 3 is 2.53 bits per heavy atom. The first-order chi connectivity index (χ1) is 7.97. The molecule has 1 saturated heterocycles. The van der Waals surface area contributed by atoms with Gasteiger partial charge in [0.05, 0.1) is 0 Å². The quantitative estimate of drug-likeness (QED) is 0.785. The van der Waals surface area contributed by atoms with E-state index in [1.807, 2.05) is 0 Å². The minimum atomic E-state index is -4.57. The van der Waals surface area contributed by atoms with E-state index in [2.05, 4.69) is 15.3 Å². The number of H-pyrrole nitrogens is 1. The molecule has 7 heteroatoms. The van der Waals surface area contributed by atoms with Crippen molar-refractivity contribution in [3.05, 3.63) is 27.9 Å². The molecule has 1 fully saturated rings. The summed E-state index contributed by atoms with van der Waals surface area (Å²) in [6.07, 6.45) is -3.13. The summed E-state index contributed by atoms with van der Waals surface area (Å²) in [6.45, 7) is 1.49. The minimum absolute atomic E-state index is 0.0342. The topological polar surface area (TPSA) is 57.8 Å². The van der Waals surface area contributed by atoms with Crippen LogP contribution in [-0.4, -0.2) is 23.1 Å². The molecular weight excluding hydrogens is 235 g/mol. The van der Waals surface area contributed by atoms with Gasteiger partial charge in [0.1, 0.15) is 0 Å². The lowest BCUT2D eigenvalue weighted by molar-refractivity contribution is -0.141. The number of piperidine rings is 1. The number of alkyl halides is 3. The average Bonchev–Trinajstić information content (AvgIpc) is 2.28. The molecule has 2 N–H and O–H groups in total. The predicted molar refractivity (Wildman–Crippen MR) is 54.7 cm³/mol. The number of nitrogens with zero attached hydrogens (tertiary/aromatic N) is 1. The smallest absolute Gasteiger partial charge is 0.317 e. The Morgan fingerprint density at radius 2 is 1.94 bits per heavy atom. The summed E-state index contributed by atoms with van der Waals surface area (Å²) in [5, 5.41) is 3.11. The molecule has 0 bridgehead atoms. The van der Waals surface area contributed by atoms with E-state index in [1.54, 1.807) is 0 Å². The maximum atomic E-state index is 12.5. The zero-order valence-electron chi connectivity index (χ0n) is 8.97. The maximum absolute atomic E-state index is 12.5. The van der Waals surface area contributed by atoms with Crippen molar-refractivity contribution < 1.29 is 13.2 Å². The first-order valence-corrected chi connectivity index (χ1v) is 5.36. The number of nitrogens with one attached hydrogen (secondary N) is 2. The highest BCUT2D eigenvalue weighted by Gasteiger charge is 2.34. The van der Waals surface area contributed by atoms with E-state index in [0.717, 1.165) is 32.0 Å². The Bertz CT molecular complexity index is 449. The third kappa shape index (κ3) is 2.85. The minimum Gasteiger partial charge on any atom is -0.317 e. The van der Waals surface area contributed by atoms with Crippen LogP contribution in [0.3, 0.4) is 0 Å². The van der Waals surface area contributed by atoms with Gasteiger partial charge in [-0.1, -0.05) is 0 Å². The second kappa shape index (κ2) is 4.48. The molecule has 2 rings (SSSR count). The van der Waals surface area contributed by atoms with Crippen LogP contribution in [0.1, 0.15) is 30.1 Å². The summed E-state index contributed by atoms with van der Waals surface area (Å²) in [7, 11) is 0. The lowest BCUT2D eigenvalue weighted by atomic mass is 9.94. The van der Waals surface area contributed by atoms with Gasteiger partial charge in [-0.25, -0.2) is 4.79 Å². The Morgan fingerprint density at radius 1 is 1.29 bits per heavy atom. The summed E-state index contributed by atoms with van der Waals surface area (Å²) in [5.41, 5.74) is -1.72. The first-order valence-electron chi connectivity index (χ1n) is 5.36. The number of aromatic amines is 1. The van der Waals surface area contributed by atoms with Crippen molar-refractivity contribution in [3.8, 4) is 0 Å². The normalized spacial score (nSPS) is 18.3. The molecule has 0 atom stereocenters. The van der Waals surface area contributed by atoms with Crippen LogP contribution in [0.4, 0.5) is 13.2 Å². The summed E-state index contributed by atoms with van der Waals surface area (Å²) >= 11 is 0. The van der Waals surface area contributed by atoms with Crippen LogP contribution in [0.25, 0.3) is 0 Å². The highest BCUT2D eigenvalue weighted by atomic mass is 19.4. The molecule has 0 aliphatic carbocycles. The Kier molecular flexibility index (Phi) is 3.19. The molecule has 17 heavy (non-hydrogen) atoms. The molecule has 0 aromatic carbocycles. The fourth-order valence-electron chi connectivity index (χ4n) is 1.97. The van der Waals surface area contributed by atoms with Gasteiger partial charge in [-0.15, -0.1) is 0 Å². The predicted octanol–water partition coefficient (Wildman–Crippen LogP) is 1.26. The maximum Gasteiger partial charge on any atom is 0.433 e. The van der Waals surface area contributed by atoms with Gasteiger partial charge in [0.25, 0.3) is 0 Å². The van der Waals surface area contributed by atoms with Crippen molar-refractivity contribution in [2.24, 2.45) is 0 Å². The van der Waals surface area contributed by atoms with Crippen LogP contribution in [0.15, 0.2) is 10.9 Å². The van der Waals surface area contributed by atoms with E-state index in [-0.39, 0.29) is 5.92 Å². The molecule has 0 saturated carbocycles. The van der Waals surface area contributed by atoms with Crippen molar-refractivity contribution in [1.82, 2.24) is 15.3 Å². The van der Waals surface area contributed by atoms with Crippen LogP contribution in [-0.2, 0) is 6.18 Å². The molecule has 1 aromatic rings. The number of halogens is 3. The third-order valence-corrected chi connectivity index (χ3v) is 2.83. The lowest BCUT2D eigenvalue weighted by Crippen LogP contribution is -2.29. The van der Waals surface area contributed by atoms with Gasteiger partial charge in [0.2, 0.25) is 0 Å². The summed E-state index contributed by atoms with van der Waals surface area (Å²) < 4.78 is 37.5. The van der Waals surface area contributed by atoms with E-state index in [1.165, 1.54) is 0 Å². The van der Waals surface area contributed by atoms with E-state index < -0.39 is 17.6 Å². The van der Waals surface area contributed by atoms with Crippen molar-refractivity contribution >= 4 is 0 Å². The summed E-state index contributed by atoms with van der Waals surface area (Å²) in [5.74, 6) is -0.0342. The number of aromatic nitrogens is 2. The van der Waals surface area contributed by atoms with Crippen molar-refractivity contribution in [3.63, 3.8) is 0 Å². The Labute approximate surface area is 95.3 Å². The number of rotatable bonds is 1. The molecule has 1 aliphatic heterocycles. The number of hydrogen-bond acceptors (Lipinski definition) is 3. The van der Waals surface area contributed by atoms with Crippen LogP contribution in [0.2, 0.25) is 0 Å². The van der Waals surface area contributed by atoms with Gasteiger partial charge in [0, 0.05) is 11.6 Å². The molecule has 0 spiro atoms. The highest BCUT2D eigenvalue weighted by Crippen LogP contribution is 2.29. The summed E-state index contributed by atoms with van der Waals surface area (Å²) in [6, 6.07) is 0.942. The molecule has 0 radical (unpaired) electrons. The van der Waals surface area contributed by atoms with E-state index in [0.29, 0.717) is 5.69 Å². The fraction of sp³-hybridized carbons (Fsp3) is 0.600. The highest BCUT2D eigenvalue weighted by molar-refractivity contribution is 5.15. The molecule has 94 valence electrons. The SMILES string of the molecule is O=c1nc(C(F)(F)F)cc(C2CCNCC2)[nH]1. The monoisotopic (exact) mass is 247 g/mol. The van der Waals surface area contributed by atoms with Gasteiger partial charge in [-0.2, -0.15) is 18.2 Å². The Balaban J connectivity index is 2.34. The van der Waals surface area contributed by atoms with Crippen LogP contribution >= 0.6 is 0 Å². The Hall–Kier alpha value is -1.37. The fourth-order valence-corrected chi connectivity index (χ4v) is 1.97. The zero-order valence-corrected chi connectivity index (χ0v) is 8.97. The van der Waals surface area contributed by atoms with Gasteiger partial charge < -0.3 is 10.3 Å². The molecule has 0 amide bonds. The molecule has 0 unspecified atom stereocenters. The van der Waals surface area contributed by atoms with Crippen LogP contribution in [0.5, 0.6) is 0 Å². The van der Waals surface area contributed by atoms with Gasteiger partial charge in [0.15, 0.2) is 5.69 Å². The first kappa shape index (κ1) is 12.1. The van der Waals surface area contributed by atoms with E-state index in [4.69, 9.17) is 0 Å². The zero-order chi connectivity index (χ0) is 12.5. The van der Waals surface area contributed by atoms with Crippen molar-refractivity contribution in [2.75, 3.05) is 13.1 Å². The number of hydrogen-bond donors (Lipinski definition) is 2. The summed E-state index contributed by atoms with van der Waals surface area (Å²) in [4.78, 5) is 16.5. The van der Waals surface area contributed by atoms with Gasteiger partial charge in [-0.05, 0) is 32.0 Å². The van der Waals surface area contributed by atoms with Gasteiger partial charge in [-0.3, -0.25) is 0 Å². The molecule has 4 nitrogen and oxygen atoms in total. The second-order valence-electron chi connectivity index (χ2n) is 4.05. The average molecular weight is 247 g/mol. The second-order valence-corrected chi connectivity index (χ2v) is 4.05. The lowest BCUT2D eigenvalue weighted by Gasteiger charge is -2.22. The van der Waals surface area contributed by atoms with Crippen LogP contribution < -0.4 is 11.0 Å². The third-order valence-electron chi connectivity index (χ3n) is 2.83. The van der Waals surface area contributed by atoms with Crippen molar-refractivity contribution in [2.45, 2.75) is 24.9 Å². The van der Waals surface area contributed by atoms with E-state index >= 15 is 0 Å².